The molecule has 1 aromatic rings. The minimum absolute atomic E-state index is 0.129. The van der Waals surface area contributed by atoms with Crippen molar-refractivity contribution in [1.29, 1.82) is 0 Å². The molecule has 2 amide bonds. The molecule has 0 saturated heterocycles. The molecule has 0 fully saturated rings. The SMILES string of the molecule is CCC(C)C(=O)NNC(=O)COc1cc(C)ccc1C. The molecule has 0 spiro atoms. The predicted octanol–water partition coefficient (Wildman–Crippen LogP) is 1.88. The number of amides is 2. The summed E-state index contributed by atoms with van der Waals surface area (Å²) in [6.45, 7) is 7.45. The molecule has 0 aliphatic carbocycles. The smallest absolute Gasteiger partial charge is 0.276 e. The molecule has 5 nitrogen and oxygen atoms in total. The number of carbonyl (C=O) groups is 2. The Morgan fingerprint density at radius 1 is 1.25 bits per heavy atom. The fourth-order valence-electron chi connectivity index (χ4n) is 1.48. The van der Waals surface area contributed by atoms with Crippen molar-refractivity contribution in [3.05, 3.63) is 29.3 Å². The molecule has 1 unspecified atom stereocenters. The molecule has 0 radical (unpaired) electrons. The molecule has 0 aromatic heterocycles. The lowest BCUT2D eigenvalue weighted by Crippen LogP contribution is -2.45. The number of hydrazine groups is 1. The number of ether oxygens (including phenoxy) is 1. The van der Waals surface area contributed by atoms with Crippen molar-refractivity contribution in [1.82, 2.24) is 10.9 Å². The number of rotatable bonds is 5. The molecule has 5 heteroatoms. The third-order valence-corrected chi connectivity index (χ3v) is 3.09. The Labute approximate surface area is 119 Å². The molecule has 1 aromatic carbocycles. The third kappa shape index (κ3) is 4.91. The highest BCUT2D eigenvalue weighted by Crippen LogP contribution is 2.18. The molecule has 0 heterocycles. The van der Waals surface area contributed by atoms with Gasteiger partial charge < -0.3 is 4.74 Å². The third-order valence-electron chi connectivity index (χ3n) is 3.09. The van der Waals surface area contributed by atoms with Crippen LogP contribution in [0.4, 0.5) is 0 Å². The van der Waals surface area contributed by atoms with Crippen LogP contribution in [-0.4, -0.2) is 18.4 Å². The quantitative estimate of drug-likeness (QED) is 0.808. The van der Waals surface area contributed by atoms with Crippen LogP contribution in [0, 0.1) is 19.8 Å². The first-order valence-electron chi connectivity index (χ1n) is 6.72. The highest BCUT2D eigenvalue weighted by molar-refractivity contribution is 5.83. The summed E-state index contributed by atoms with van der Waals surface area (Å²) in [4.78, 5) is 23.1. The van der Waals surface area contributed by atoms with Crippen LogP contribution < -0.4 is 15.6 Å². The summed E-state index contributed by atoms with van der Waals surface area (Å²) in [5.41, 5.74) is 6.75. The van der Waals surface area contributed by atoms with E-state index in [0.29, 0.717) is 5.75 Å². The van der Waals surface area contributed by atoms with Gasteiger partial charge in [-0.25, -0.2) is 0 Å². The molecule has 1 atom stereocenters. The molecule has 20 heavy (non-hydrogen) atoms. The second-order valence-electron chi connectivity index (χ2n) is 4.90. The van der Waals surface area contributed by atoms with Crippen molar-refractivity contribution < 1.29 is 14.3 Å². The maximum atomic E-state index is 11.6. The minimum atomic E-state index is -0.387. The average molecular weight is 278 g/mol. The second kappa shape index (κ2) is 7.53. The van der Waals surface area contributed by atoms with Crippen LogP contribution in [0.15, 0.2) is 18.2 Å². The number of carbonyl (C=O) groups excluding carboxylic acids is 2. The molecule has 2 N–H and O–H groups in total. The monoisotopic (exact) mass is 278 g/mol. The molecular formula is C15H22N2O3. The maximum Gasteiger partial charge on any atom is 0.276 e. The molecule has 1 rings (SSSR count). The molecule has 0 saturated carbocycles. The zero-order valence-electron chi connectivity index (χ0n) is 12.4. The van der Waals surface area contributed by atoms with Crippen LogP contribution in [0.3, 0.4) is 0 Å². The van der Waals surface area contributed by atoms with Gasteiger partial charge in [-0.3, -0.25) is 20.4 Å². The fraction of sp³-hybridized carbons (Fsp3) is 0.467. The molecule has 0 aliphatic rings. The van der Waals surface area contributed by atoms with E-state index in [4.69, 9.17) is 4.74 Å². The first-order valence-corrected chi connectivity index (χ1v) is 6.72. The van der Waals surface area contributed by atoms with Gasteiger partial charge in [-0.1, -0.05) is 26.0 Å². The molecule has 0 bridgehead atoms. The lowest BCUT2D eigenvalue weighted by Gasteiger charge is -2.12. The van der Waals surface area contributed by atoms with Gasteiger partial charge in [0.25, 0.3) is 5.91 Å². The van der Waals surface area contributed by atoms with Crippen LogP contribution in [-0.2, 0) is 9.59 Å². The van der Waals surface area contributed by atoms with Gasteiger partial charge >= 0.3 is 0 Å². The van der Waals surface area contributed by atoms with Crippen LogP contribution in [0.5, 0.6) is 5.75 Å². The molecular weight excluding hydrogens is 256 g/mol. The summed E-state index contributed by atoms with van der Waals surface area (Å²) in [6, 6.07) is 5.79. The van der Waals surface area contributed by atoms with Gasteiger partial charge in [0.15, 0.2) is 6.61 Å². The predicted molar refractivity (Wildman–Crippen MR) is 77.2 cm³/mol. The zero-order chi connectivity index (χ0) is 15.1. The molecule has 0 aliphatic heterocycles. The van der Waals surface area contributed by atoms with Gasteiger partial charge in [0.1, 0.15) is 5.75 Å². The highest BCUT2D eigenvalue weighted by atomic mass is 16.5. The Morgan fingerprint density at radius 2 is 1.95 bits per heavy atom. The van der Waals surface area contributed by atoms with Crippen molar-refractivity contribution in [2.24, 2.45) is 5.92 Å². The van der Waals surface area contributed by atoms with E-state index < -0.39 is 0 Å². The van der Waals surface area contributed by atoms with E-state index >= 15 is 0 Å². The summed E-state index contributed by atoms with van der Waals surface area (Å²) < 4.78 is 5.44. The van der Waals surface area contributed by atoms with Gasteiger partial charge in [0.05, 0.1) is 0 Å². The Balaban J connectivity index is 2.40. The Morgan fingerprint density at radius 3 is 2.60 bits per heavy atom. The number of hydrogen-bond donors (Lipinski definition) is 2. The lowest BCUT2D eigenvalue weighted by molar-refractivity contribution is -0.131. The summed E-state index contributed by atoms with van der Waals surface area (Å²) in [6.07, 6.45) is 0.723. The fourth-order valence-corrected chi connectivity index (χ4v) is 1.48. The second-order valence-corrected chi connectivity index (χ2v) is 4.90. The first kappa shape index (κ1) is 16.0. The van der Waals surface area contributed by atoms with E-state index in [0.717, 1.165) is 17.5 Å². The zero-order valence-corrected chi connectivity index (χ0v) is 12.4. The van der Waals surface area contributed by atoms with E-state index in [1.165, 1.54) is 0 Å². The topological polar surface area (TPSA) is 67.4 Å². The molecule has 110 valence electrons. The summed E-state index contributed by atoms with van der Waals surface area (Å²) >= 11 is 0. The number of aryl methyl sites for hydroxylation is 2. The maximum absolute atomic E-state index is 11.6. The van der Waals surface area contributed by atoms with E-state index in [1.54, 1.807) is 6.92 Å². The number of benzene rings is 1. The van der Waals surface area contributed by atoms with Gasteiger partial charge in [-0.15, -0.1) is 0 Å². The van der Waals surface area contributed by atoms with E-state index in [-0.39, 0.29) is 24.3 Å². The lowest BCUT2D eigenvalue weighted by atomic mass is 10.1. The first-order chi connectivity index (χ1) is 9.43. The number of nitrogens with one attached hydrogen (secondary N) is 2. The van der Waals surface area contributed by atoms with Crippen LogP contribution >= 0.6 is 0 Å². The van der Waals surface area contributed by atoms with Crippen molar-refractivity contribution in [2.45, 2.75) is 34.1 Å². The van der Waals surface area contributed by atoms with Crippen LogP contribution in [0.1, 0.15) is 31.4 Å². The van der Waals surface area contributed by atoms with Crippen molar-refractivity contribution >= 4 is 11.8 Å². The summed E-state index contributed by atoms with van der Waals surface area (Å²) in [5.74, 6) is -0.0428. The largest absolute Gasteiger partial charge is 0.483 e. The van der Waals surface area contributed by atoms with Crippen molar-refractivity contribution in [2.75, 3.05) is 6.61 Å². The van der Waals surface area contributed by atoms with Crippen LogP contribution in [0.2, 0.25) is 0 Å². The summed E-state index contributed by atoms with van der Waals surface area (Å²) in [7, 11) is 0. The minimum Gasteiger partial charge on any atom is -0.483 e. The Hall–Kier alpha value is -2.04. The highest BCUT2D eigenvalue weighted by Gasteiger charge is 2.11. The van der Waals surface area contributed by atoms with Crippen molar-refractivity contribution in [3.8, 4) is 5.75 Å². The van der Waals surface area contributed by atoms with E-state index in [1.807, 2.05) is 39.0 Å². The standard InChI is InChI=1S/C15H22N2O3/c1-5-11(3)15(19)17-16-14(18)9-20-13-8-10(2)6-7-12(13)4/h6-8,11H,5,9H2,1-4H3,(H,16,18)(H,17,19). The van der Waals surface area contributed by atoms with Gasteiger partial charge in [0, 0.05) is 5.92 Å². The number of hydrogen-bond acceptors (Lipinski definition) is 3. The van der Waals surface area contributed by atoms with Gasteiger partial charge in [0.2, 0.25) is 5.91 Å². The van der Waals surface area contributed by atoms with Crippen molar-refractivity contribution in [3.63, 3.8) is 0 Å². The average Bonchev–Trinajstić information content (AvgIpc) is 2.44. The summed E-state index contributed by atoms with van der Waals surface area (Å²) in [5, 5.41) is 0. The van der Waals surface area contributed by atoms with E-state index in [9.17, 15) is 9.59 Å². The van der Waals surface area contributed by atoms with Crippen LogP contribution in [0.25, 0.3) is 0 Å². The van der Waals surface area contributed by atoms with E-state index in [2.05, 4.69) is 10.9 Å². The normalized spacial score (nSPS) is 11.6. The van der Waals surface area contributed by atoms with Gasteiger partial charge in [-0.05, 0) is 37.5 Å². The van der Waals surface area contributed by atoms with Gasteiger partial charge in [-0.2, -0.15) is 0 Å². The Kier molecular flexibility index (Phi) is 6.03. The Bertz CT molecular complexity index is 486.